The first-order chi connectivity index (χ1) is 15.6. The smallest absolute Gasteiger partial charge is 0.247 e. The summed E-state index contributed by atoms with van der Waals surface area (Å²) in [5.41, 5.74) is 4.33. The lowest BCUT2D eigenvalue weighted by atomic mass is 10.1. The number of rotatable bonds is 8. The lowest BCUT2D eigenvalue weighted by Gasteiger charge is -2.20. The quantitative estimate of drug-likeness (QED) is 0.335. The Bertz CT molecular complexity index is 1220. The minimum absolute atomic E-state index is 0.0954. The molecule has 0 spiro atoms. The van der Waals surface area contributed by atoms with Crippen LogP contribution in [0.2, 0.25) is 0 Å². The maximum absolute atomic E-state index is 13.4. The minimum atomic E-state index is -0.462. The van der Waals surface area contributed by atoms with E-state index >= 15 is 0 Å². The minimum Gasteiger partial charge on any atom is -0.324 e. The number of aromatic nitrogens is 3. The highest BCUT2D eigenvalue weighted by Gasteiger charge is 2.25. The van der Waals surface area contributed by atoms with Gasteiger partial charge in [0.05, 0.1) is 0 Å². The van der Waals surface area contributed by atoms with Crippen molar-refractivity contribution in [2.75, 3.05) is 5.32 Å². The topological polar surface area (TPSA) is 59.8 Å². The monoisotopic (exact) mass is 448 g/mol. The predicted molar refractivity (Wildman–Crippen MR) is 127 cm³/mol. The summed E-state index contributed by atoms with van der Waals surface area (Å²) in [6.45, 7) is 4.05. The average molecular weight is 449 g/mol. The third-order valence-electron chi connectivity index (χ3n) is 5.35. The lowest BCUT2D eigenvalue weighted by molar-refractivity contribution is -0.119. The number of nitrogens with zero attached hydrogens (tertiary/aromatic N) is 3. The zero-order chi connectivity index (χ0) is 22.5. The highest BCUT2D eigenvalue weighted by atomic mass is 32.2. The number of para-hydroxylation sites is 1. The Morgan fingerprint density at radius 1 is 1.09 bits per heavy atom. The van der Waals surface area contributed by atoms with Crippen molar-refractivity contribution in [1.29, 1.82) is 0 Å². The van der Waals surface area contributed by atoms with Crippen molar-refractivity contribution in [1.82, 2.24) is 14.5 Å². The molecule has 0 aliphatic rings. The maximum atomic E-state index is 13.4. The Morgan fingerprint density at radius 2 is 1.88 bits per heavy atom. The SMILES string of the molecule is CCc1ccccc1NC(=O)[C@H](CC)n1c(SCc2ccc(F)cc2)nc2cccnc21. The molecule has 0 aliphatic heterocycles. The molecule has 1 amide bonds. The van der Waals surface area contributed by atoms with Gasteiger partial charge in [0.2, 0.25) is 5.91 Å². The van der Waals surface area contributed by atoms with Crippen LogP contribution in [0.3, 0.4) is 0 Å². The highest BCUT2D eigenvalue weighted by Crippen LogP contribution is 2.31. The lowest BCUT2D eigenvalue weighted by Crippen LogP contribution is -2.26. The largest absolute Gasteiger partial charge is 0.324 e. The van der Waals surface area contributed by atoms with E-state index in [1.165, 1.54) is 23.9 Å². The molecule has 0 saturated heterocycles. The van der Waals surface area contributed by atoms with Gasteiger partial charge in [0.1, 0.15) is 17.4 Å². The molecule has 164 valence electrons. The fraction of sp³-hybridized carbons (Fsp3) is 0.240. The van der Waals surface area contributed by atoms with Gasteiger partial charge in [-0.15, -0.1) is 0 Å². The Hall–Kier alpha value is -3.19. The van der Waals surface area contributed by atoms with Gasteiger partial charge < -0.3 is 5.32 Å². The summed E-state index contributed by atoms with van der Waals surface area (Å²) in [5, 5.41) is 3.82. The van der Waals surface area contributed by atoms with Crippen LogP contribution in [0, 0.1) is 5.82 Å². The van der Waals surface area contributed by atoms with E-state index in [1.54, 1.807) is 18.3 Å². The number of nitrogens with one attached hydrogen (secondary N) is 1. The number of imidazole rings is 1. The number of pyridine rings is 1. The average Bonchev–Trinajstić information content (AvgIpc) is 3.18. The number of anilines is 1. The molecule has 32 heavy (non-hydrogen) atoms. The number of carbonyl (C=O) groups excluding carboxylic acids is 1. The van der Waals surface area contributed by atoms with Crippen LogP contribution in [0.25, 0.3) is 11.2 Å². The predicted octanol–water partition coefficient (Wildman–Crippen LogP) is 6.01. The molecule has 2 aromatic carbocycles. The van der Waals surface area contributed by atoms with Gasteiger partial charge >= 0.3 is 0 Å². The normalized spacial score (nSPS) is 12.1. The molecule has 0 bridgehead atoms. The van der Waals surface area contributed by atoms with Crippen LogP contribution in [0.1, 0.15) is 37.4 Å². The van der Waals surface area contributed by atoms with Crippen LogP contribution in [-0.2, 0) is 17.0 Å². The third-order valence-corrected chi connectivity index (χ3v) is 6.38. The number of aryl methyl sites for hydroxylation is 1. The van der Waals surface area contributed by atoms with Gasteiger partial charge in [-0.1, -0.05) is 55.9 Å². The summed E-state index contributed by atoms with van der Waals surface area (Å²) in [7, 11) is 0. The standard InChI is InChI=1S/C25H25FN4OS/c1-3-18-8-5-6-9-20(18)28-24(31)22(4-2)30-23-21(10-7-15-27-23)29-25(30)32-16-17-11-13-19(26)14-12-17/h5-15,22H,3-4,16H2,1-2H3,(H,28,31)/t22-/m0/s1. The number of halogens is 1. The summed E-state index contributed by atoms with van der Waals surface area (Å²) in [4.78, 5) is 22.6. The molecular weight excluding hydrogens is 423 g/mol. The molecule has 5 nitrogen and oxygen atoms in total. The van der Waals surface area contributed by atoms with Crippen LogP contribution in [0.15, 0.2) is 72.0 Å². The zero-order valence-electron chi connectivity index (χ0n) is 18.1. The van der Waals surface area contributed by atoms with E-state index in [4.69, 9.17) is 4.98 Å². The van der Waals surface area contributed by atoms with E-state index in [0.29, 0.717) is 23.0 Å². The first kappa shape index (κ1) is 22.0. The fourth-order valence-electron chi connectivity index (χ4n) is 3.67. The van der Waals surface area contributed by atoms with E-state index < -0.39 is 6.04 Å². The number of hydrogen-bond acceptors (Lipinski definition) is 4. The Kier molecular flexibility index (Phi) is 6.85. The molecule has 0 saturated carbocycles. The van der Waals surface area contributed by atoms with E-state index in [0.717, 1.165) is 28.8 Å². The van der Waals surface area contributed by atoms with Crippen molar-refractivity contribution >= 4 is 34.5 Å². The van der Waals surface area contributed by atoms with Crippen LogP contribution in [0.4, 0.5) is 10.1 Å². The second-order valence-corrected chi connectivity index (χ2v) is 8.39. The van der Waals surface area contributed by atoms with Gasteiger partial charge in [-0.3, -0.25) is 9.36 Å². The summed E-state index contributed by atoms with van der Waals surface area (Å²) >= 11 is 1.52. The van der Waals surface area contributed by atoms with Crippen molar-refractivity contribution in [2.45, 2.75) is 43.6 Å². The number of thioether (sulfide) groups is 1. The molecule has 0 radical (unpaired) electrons. The molecular formula is C25H25FN4OS. The number of fused-ring (bicyclic) bond motifs is 1. The molecule has 4 aromatic rings. The number of carbonyl (C=O) groups is 1. The Morgan fingerprint density at radius 3 is 2.62 bits per heavy atom. The van der Waals surface area contributed by atoms with Crippen molar-refractivity contribution in [3.8, 4) is 0 Å². The van der Waals surface area contributed by atoms with Crippen molar-refractivity contribution < 1.29 is 9.18 Å². The summed E-state index contributed by atoms with van der Waals surface area (Å²) in [5.74, 6) is 0.257. The van der Waals surface area contributed by atoms with Crippen LogP contribution >= 0.6 is 11.8 Å². The second-order valence-electron chi connectivity index (χ2n) is 7.45. The van der Waals surface area contributed by atoms with Crippen molar-refractivity contribution in [2.24, 2.45) is 0 Å². The zero-order valence-corrected chi connectivity index (χ0v) is 18.9. The van der Waals surface area contributed by atoms with Gasteiger partial charge in [0, 0.05) is 17.6 Å². The third kappa shape index (κ3) is 4.67. The van der Waals surface area contributed by atoms with Gasteiger partial charge in [-0.05, 0) is 54.3 Å². The summed E-state index contributed by atoms with van der Waals surface area (Å²) in [6, 6.07) is 17.6. The number of hydrogen-bond donors (Lipinski definition) is 1. The molecule has 0 fully saturated rings. The van der Waals surface area contributed by atoms with Crippen LogP contribution in [-0.4, -0.2) is 20.4 Å². The van der Waals surface area contributed by atoms with Crippen molar-refractivity contribution in [3.05, 3.63) is 83.8 Å². The summed E-state index contributed by atoms with van der Waals surface area (Å²) < 4.78 is 15.2. The van der Waals surface area contributed by atoms with Crippen LogP contribution in [0.5, 0.6) is 0 Å². The fourth-order valence-corrected chi connectivity index (χ4v) is 4.68. The number of amides is 1. The highest BCUT2D eigenvalue weighted by molar-refractivity contribution is 7.98. The maximum Gasteiger partial charge on any atom is 0.247 e. The van der Waals surface area contributed by atoms with E-state index in [1.807, 2.05) is 47.9 Å². The van der Waals surface area contributed by atoms with Crippen molar-refractivity contribution in [3.63, 3.8) is 0 Å². The molecule has 7 heteroatoms. The van der Waals surface area contributed by atoms with Gasteiger partial charge in [0.25, 0.3) is 0 Å². The van der Waals surface area contributed by atoms with Gasteiger partial charge in [-0.25, -0.2) is 14.4 Å². The summed E-state index contributed by atoms with van der Waals surface area (Å²) in [6.07, 6.45) is 3.14. The first-order valence-corrected chi connectivity index (χ1v) is 11.7. The molecule has 2 heterocycles. The molecule has 0 unspecified atom stereocenters. The van der Waals surface area contributed by atoms with Gasteiger partial charge in [-0.2, -0.15) is 0 Å². The Labute approximate surface area is 191 Å². The molecule has 2 aromatic heterocycles. The molecule has 1 atom stereocenters. The van der Waals surface area contributed by atoms with E-state index in [2.05, 4.69) is 17.2 Å². The van der Waals surface area contributed by atoms with Crippen LogP contribution < -0.4 is 5.32 Å². The molecule has 1 N–H and O–H groups in total. The van der Waals surface area contributed by atoms with E-state index in [9.17, 15) is 9.18 Å². The van der Waals surface area contributed by atoms with E-state index in [-0.39, 0.29) is 11.7 Å². The first-order valence-electron chi connectivity index (χ1n) is 10.7. The molecule has 0 aliphatic carbocycles. The second kappa shape index (κ2) is 9.96. The van der Waals surface area contributed by atoms with Gasteiger partial charge in [0.15, 0.2) is 10.8 Å². The Balaban J connectivity index is 1.66. The number of benzene rings is 2. The molecule has 4 rings (SSSR count).